The molecule has 0 bridgehead atoms. The summed E-state index contributed by atoms with van der Waals surface area (Å²) in [5.74, 6) is 0.0342. The number of primary amides is 1. The fourth-order valence-corrected chi connectivity index (χ4v) is 3.00. The summed E-state index contributed by atoms with van der Waals surface area (Å²) in [6.45, 7) is 0.794. The lowest BCUT2D eigenvalue weighted by molar-refractivity contribution is 0.143. The van der Waals surface area contributed by atoms with Gasteiger partial charge in [-0.25, -0.2) is 9.59 Å². The third-order valence-electron chi connectivity index (χ3n) is 4.04. The van der Waals surface area contributed by atoms with Crippen LogP contribution in [0.25, 0.3) is 11.1 Å². The molecule has 4 N–H and O–H groups in total. The molecule has 0 aromatic heterocycles. The van der Waals surface area contributed by atoms with Gasteiger partial charge in [0.2, 0.25) is 0 Å². The first kappa shape index (κ1) is 15.9. The highest BCUT2D eigenvalue weighted by Gasteiger charge is 2.28. The summed E-state index contributed by atoms with van der Waals surface area (Å²) < 4.78 is 5.35. The molecule has 124 valence electrons. The van der Waals surface area contributed by atoms with Gasteiger partial charge in [-0.05, 0) is 22.3 Å². The molecule has 1 aliphatic rings. The molecule has 2 aromatic carbocycles. The molecule has 0 atom stereocenters. The van der Waals surface area contributed by atoms with Crippen LogP contribution in [0.2, 0.25) is 0 Å². The Balaban J connectivity index is 1.61. The lowest BCUT2D eigenvalue weighted by Crippen LogP contribution is -2.37. The standard InChI is InChI=1S/C18H19N3O3/c19-17(22)20-9-10-21-18(23)24-11-16-14-7-3-1-5-12(14)13-6-2-4-8-15(13)16/h1-8,16H,9-11H2,(H,21,23)(H3,19,20,22). The zero-order chi connectivity index (χ0) is 16.9. The average molecular weight is 325 g/mol. The summed E-state index contributed by atoms with van der Waals surface area (Å²) in [4.78, 5) is 22.3. The average Bonchev–Trinajstić information content (AvgIpc) is 2.91. The number of benzene rings is 2. The molecule has 0 fully saturated rings. The van der Waals surface area contributed by atoms with Gasteiger partial charge in [0.05, 0.1) is 0 Å². The smallest absolute Gasteiger partial charge is 0.407 e. The number of carbonyl (C=O) groups excluding carboxylic acids is 2. The molecule has 0 saturated heterocycles. The van der Waals surface area contributed by atoms with Gasteiger partial charge in [-0.1, -0.05) is 48.5 Å². The number of urea groups is 1. The number of fused-ring (bicyclic) bond motifs is 3. The summed E-state index contributed by atoms with van der Waals surface area (Å²) >= 11 is 0. The SMILES string of the molecule is NC(=O)NCCNC(=O)OCC1c2ccccc2-c2ccccc21. The second-order valence-electron chi connectivity index (χ2n) is 5.54. The van der Waals surface area contributed by atoms with Crippen LogP contribution in [0.1, 0.15) is 17.0 Å². The number of rotatable bonds is 5. The molecule has 3 rings (SSSR count). The lowest BCUT2D eigenvalue weighted by Gasteiger charge is -2.14. The number of nitrogens with one attached hydrogen (secondary N) is 2. The van der Waals surface area contributed by atoms with Gasteiger partial charge in [0.25, 0.3) is 0 Å². The minimum Gasteiger partial charge on any atom is -0.449 e. The Kier molecular flexibility index (Phi) is 4.65. The van der Waals surface area contributed by atoms with Crippen LogP contribution < -0.4 is 16.4 Å². The third-order valence-corrected chi connectivity index (χ3v) is 4.04. The van der Waals surface area contributed by atoms with Gasteiger partial charge >= 0.3 is 12.1 Å². The molecular weight excluding hydrogens is 306 g/mol. The molecule has 0 spiro atoms. The molecular formula is C18H19N3O3. The Morgan fingerprint density at radius 3 is 2.04 bits per heavy atom. The lowest BCUT2D eigenvalue weighted by atomic mass is 9.98. The van der Waals surface area contributed by atoms with E-state index in [1.165, 1.54) is 22.3 Å². The van der Waals surface area contributed by atoms with Crippen molar-refractivity contribution in [2.75, 3.05) is 19.7 Å². The minimum absolute atomic E-state index is 0.0342. The normalized spacial score (nSPS) is 12.2. The quantitative estimate of drug-likeness (QED) is 0.736. The monoisotopic (exact) mass is 325 g/mol. The van der Waals surface area contributed by atoms with E-state index in [0.29, 0.717) is 0 Å². The predicted octanol–water partition coefficient (Wildman–Crippen LogP) is 2.19. The second kappa shape index (κ2) is 7.04. The minimum atomic E-state index is -0.621. The molecule has 6 nitrogen and oxygen atoms in total. The van der Waals surface area contributed by atoms with E-state index in [1.54, 1.807) is 0 Å². The van der Waals surface area contributed by atoms with E-state index in [9.17, 15) is 9.59 Å². The Bertz CT molecular complexity index is 715. The van der Waals surface area contributed by atoms with Gasteiger partial charge in [-0.2, -0.15) is 0 Å². The molecule has 0 saturated carbocycles. The van der Waals surface area contributed by atoms with Crippen LogP contribution in [0.3, 0.4) is 0 Å². The highest BCUT2D eigenvalue weighted by atomic mass is 16.5. The van der Waals surface area contributed by atoms with E-state index in [-0.39, 0.29) is 25.6 Å². The maximum atomic E-state index is 11.8. The summed E-state index contributed by atoms with van der Waals surface area (Å²) in [6, 6.07) is 15.7. The van der Waals surface area contributed by atoms with Gasteiger partial charge in [0.15, 0.2) is 0 Å². The molecule has 0 radical (unpaired) electrons. The number of amides is 3. The molecule has 2 aromatic rings. The van der Waals surface area contributed by atoms with Crippen LogP contribution in [0.4, 0.5) is 9.59 Å². The number of alkyl carbamates (subject to hydrolysis) is 1. The van der Waals surface area contributed by atoms with Crippen LogP contribution in [0, 0.1) is 0 Å². The highest BCUT2D eigenvalue weighted by molar-refractivity contribution is 5.79. The van der Waals surface area contributed by atoms with Crippen molar-refractivity contribution in [3.05, 3.63) is 59.7 Å². The maximum Gasteiger partial charge on any atom is 0.407 e. The van der Waals surface area contributed by atoms with Crippen molar-refractivity contribution in [3.63, 3.8) is 0 Å². The number of nitrogens with two attached hydrogens (primary N) is 1. The molecule has 3 amide bonds. The fraction of sp³-hybridized carbons (Fsp3) is 0.222. The first-order valence-corrected chi connectivity index (χ1v) is 7.79. The first-order chi connectivity index (χ1) is 11.7. The summed E-state index contributed by atoms with van der Waals surface area (Å²) in [5.41, 5.74) is 9.66. The molecule has 0 unspecified atom stereocenters. The van der Waals surface area contributed by atoms with Crippen molar-refractivity contribution in [3.8, 4) is 11.1 Å². The number of hydrogen-bond donors (Lipinski definition) is 3. The van der Waals surface area contributed by atoms with Gasteiger partial charge in [-0.3, -0.25) is 0 Å². The van der Waals surface area contributed by atoms with E-state index < -0.39 is 12.1 Å². The third kappa shape index (κ3) is 3.32. The van der Waals surface area contributed by atoms with Crippen molar-refractivity contribution in [1.29, 1.82) is 0 Å². The summed E-state index contributed by atoms with van der Waals surface area (Å²) in [7, 11) is 0. The van der Waals surface area contributed by atoms with Crippen molar-refractivity contribution in [1.82, 2.24) is 10.6 Å². The van der Waals surface area contributed by atoms with E-state index >= 15 is 0 Å². The second-order valence-corrected chi connectivity index (χ2v) is 5.54. The van der Waals surface area contributed by atoms with Crippen molar-refractivity contribution in [2.24, 2.45) is 5.73 Å². The van der Waals surface area contributed by atoms with Gasteiger partial charge in [-0.15, -0.1) is 0 Å². The Labute approximate surface area is 140 Å². The van der Waals surface area contributed by atoms with Crippen LogP contribution in [-0.2, 0) is 4.74 Å². The number of carbonyl (C=O) groups is 2. The van der Waals surface area contributed by atoms with E-state index in [1.807, 2.05) is 24.3 Å². The van der Waals surface area contributed by atoms with Crippen molar-refractivity contribution < 1.29 is 14.3 Å². The molecule has 0 heterocycles. The van der Waals surface area contributed by atoms with Crippen LogP contribution in [0.5, 0.6) is 0 Å². The van der Waals surface area contributed by atoms with E-state index in [0.717, 1.165) is 0 Å². The summed E-state index contributed by atoms with van der Waals surface area (Å²) in [5, 5.41) is 4.97. The molecule has 0 aliphatic heterocycles. The predicted molar refractivity (Wildman–Crippen MR) is 90.7 cm³/mol. The molecule has 24 heavy (non-hydrogen) atoms. The largest absolute Gasteiger partial charge is 0.449 e. The molecule has 6 heteroatoms. The Hall–Kier alpha value is -3.02. The van der Waals surface area contributed by atoms with E-state index in [2.05, 4.69) is 34.9 Å². The zero-order valence-electron chi connectivity index (χ0n) is 13.1. The Morgan fingerprint density at radius 1 is 0.917 bits per heavy atom. The molecule has 1 aliphatic carbocycles. The van der Waals surface area contributed by atoms with Gasteiger partial charge in [0, 0.05) is 19.0 Å². The van der Waals surface area contributed by atoms with Crippen LogP contribution >= 0.6 is 0 Å². The Morgan fingerprint density at radius 2 is 1.46 bits per heavy atom. The van der Waals surface area contributed by atoms with Crippen LogP contribution in [0.15, 0.2) is 48.5 Å². The number of ether oxygens (including phenoxy) is 1. The zero-order valence-corrected chi connectivity index (χ0v) is 13.1. The highest BCUT2D eigenvalue weighted by Crippen LogP contribution is 2.44. The first-order valence-electron chi connectivity index (χ1n) is 7.79. The fourth-order valence-electron chi connectivity index (χ4n) is 3.00. The topological polar surface area (TPSA) is 93.5 Å². The van der Waals surface area contributed by atoms with Crippen LogP contribution in [-0.4, -0.2) is 31.8 Å². The van der Waals surface area contributed by atoms with Gasteiger partial charge < -0.3 is 21.1 Å². The maximum absolute atomic E-state index is 11.8. The summed E-state index contributed by atoms with van der Waals surface area (Å²) in [6.07, 6.45) is -0.511. The van der Waals surface area contributed by atoms with Gasteiger partial charge in [0.1, 0.15) is 6.61 Å². The van der Waals surface area contributed by atoms with Crippen molar-refractivity contribution in [2.45, 2.75) is 5.92 Å². The van der Waals surface area contributed by atoms with Crippen molar-refractivity contribution >= 4 is 12.1 Å². The number of hydrogen-bond acceptors (Lipinski definition) is 3. The van der Waals surface area contributed by atoms with E-state index in [4.69, 9.17) is 10.5 Å².